The van der Waals surface area contributed by atoms with Gasteiger partial charge in [0.2, 0.25) is 0 Å². The number of carbonyl (C=O) groups is 1. The molecule has 1 N–H and O–H groups in total. The first-order valence-electron chi connectivity index (χ1n) is 8.18. The molecule has 0 bridgehead atoms. The van der Waals surface area contributed by atoms with Crippen LogP contribution < -0.4 is 5.69 Å². The van der Waals surface area contributed by atoms with Crippen molar-refractivity contribution in [2.24, 2.45) is 0 Å². The largest absolute Gasteiger partial charge is 0.456 e. The Balaban J connectivity index is 1.52. The average molecular weight is 325 g/mol. The fraction of sp³-hybridized carbons (Fsp3) is 0.333. The molecule has 0 radical (unpaired) electrons. The maximum atomic E-state index is 12.4. The summed E-state index contributed by atoms with van der Waals surface area (Å²) in [6.07, 6.45) is 1.51. The molecular weight excluding hydrogens is 306 g/mol. The third-order valence-electron chi connectivity index (χ3n) is 4.69. The number of aromatic nitrogens is 2. The number of hydrogen-bond acceptors (Lipinski definition) is 3. The lowest BCUT2D eigenvalue weighted by Crippen LogP contribution is -2.40. The van der Waals surface area contributed by atoms with Crippen LogP contribution in [0, 0.1) is 6.92 Å². The van der Waals surface area contributed by atoms with E-state index in [0.717, 1.165) is 29.6 Å². The number of furan rings is 1. The summed E-state index contributed by atoms with van der Waals surface area (Å²) >= 11 is 0. The van der Waals surface area contributed by atoms with Crippen molar-refractivity contribution in [3.05, 3.63) is 58.4 Å². The number of aryl methyl sites for hydroxylation is 1. The number of fused-ring (bicyclic) bond motifs is 1. The van der Waals surface area contributed by atoms with Crippen LogP contribution in [0.2, 0.25) is 0 Å². The van der Waals surface area contributed by atoms with Gasteiger partial charge in [-0.3, -0.25) is 9.36 Å². The molecule has 1 amide bonds. The minimum Gasteiger partial charge on any atom is -0.456 e. The summed E-state index contributed by atoms with van der Waals surface area (Å²) in [7, 11) is 0. The number of rotatable bonds is 2. The van der Waals surface area contributed by atoms with Crippen LogP contribution in [-0.2, 0) is 0 Å². The van der Waals surface area contributed by atoms with E-state index in [0.29, 0.717) is 18.8 Å². The lowest BCUT2D eigenvalue weighted by Gasteiger charge is -2.32. The molecule has 6 heteroatoms. The molecule has 2 aromatic heterocycles. The molecule has 1 saturated heterocycles. The van der Waals surface area contributed by atoms with Crippen LogP contribution in [0.3, 0.4) is 0 Å². The standard InChI is InChI=1S/C18H19N3O3/c1-12-6-7-16(24-12)17(22)20-10-8-13(9-11-20)21-15-5-3-2-4-14(15)19-18(21)23/h2-7,13H,8-11H2,1H3,(H,19,23). The zero-order chi connectivity index (χ0) is 16.7. The average Bonchev–Trinajstić information content (AvgIpc) is 3.17. The number of hydrogen-bond donors (Lipinski definition) is 1. The molecule has 124 valence electrons. The van der Waals surface area contributed by atoms with Crippen molar-refractivity contribution < 1.29 is 9.21 Å². The number of nitrogens with one attached hydrogen (secondary N) is 1. The van der Waals surface area contributed by atoms with Gasteiger partial charge >= 0.3 is 5.69 Å². The second-order valence-corrected chi connectivity index (χ2v) is 6.25. The van der Waals surface area contributed by atoms with Crippen LogP contribution in [-0.4, -0.2) is 33.4 Å². The smallest absolute Gasteiger partial charge is 0.326 e. The normalized spacial score (nSPS) is 16.0. The van der Waals surface area contributed by atoms with E-state index in [-0.39, 0.29) is 17.6 Å². The minimum absolute atomic E-state index is 0.0761. The van der Waals surface area contributed by atoms with Gasteiger partial charge in [0.05, 0.1) is 11.0 Å². The fourth-order valence-corrected chi connectivity index (χ4v) is 3.47. The highest BCUT2D eigenvalue weighted by molar-refractivity contribution is 5.91. The Labute approximate surface area is 138 Å². The summed E-state index contributed by atoms with van der Waals surface area (Å²) in [4.78, 5) is 29.4. The second kappa shape index (κ2) is 5.70. The lowest BCUT2D eigenvalue weighted by atomic mass is 10.0. The third-order valence-corrected chi connectivity index (χ3v) is 4.69. The van der Waals surface area contributed by atoms with Crippen LogP contribution in [0.15, 0.2) is 45.6 Å². The quantitative estimate of drug-likeness (QED) is 0.787. The van der Waals surface area contributed by atoms with Gasteiger partial charge in [0.1, 0.15) is 5.76 Å². The molecule has 0 atom stereocenters. The molecule has 0 aliphatic carbocycles. The number of nitrogens with zero attached hydrogens (tertiary/aromatic N) is 2. The number of benzene rings is 1. The Morgan fingerprint density at radius 1 is 1.17 bits per heavy atom. The second-order valence-electron chi connectivity index (χ2n) is 6.25. The van der Waals surface area contributed by atoms with Gasteiger partial charge in [0, 0.05) is 19.1 Å². The summed E-state index contributed by atoms with van der Waals surface area (Å²) in [5.41, 5.74) is 1.70. The Morgan fingerprint density at radius 2 is 1.92 bits per heavy atom. The van der Waals surface area contributed by atoms with Gasteiger partial charge in [-0.2, -0.15) is 0 Å². The van der Waals surface area contributed by atoms with Gasteiger partial charge < -0.3 is 14.3 Å². The summed E-state index contributed by atoms with van der Waals surface area (Å²) in [5, 5.41) is 0. The highest BCUT2D eigenvalue weighted by Gasteiger charge is 2.27. The Kier molecular flexibility index (Phi) is 3.52. The molecule has 0 spiro atoms. The van der Waals surface area contributed by atoms with Crippen molar-refractivity contribution in [1.29, 1.82) is 0 Å². The fourth-order valence-electron chi connectivity index (χ4n) is 3.47. The molecule has 1 aliphatic rings. The van der Waals surface area contributed by atoms with Crippen molar-refractivity contribution in [1.82, 2.24) is 14.5 Å². The first-order valence-corrected chi connectivity index (χ1v) is 8.18. The van der Waals surface area contributed by atoms with E-state index in [4.69, 9.17) is 4.42 Å². The molecule has 3 heterocycles. The SMILES string of the molecule is Cc1ccc(C(=O)N2CCC(n3c(=O)[nH]c4ccccc43)CC2)o1. The summed E-state index contributed by atoms with van der Waals surface area (Å²) in [5.74, 6) is 1.04. The molecule has 3 aromatic rings. The van der Waals surface area contributed by atoms with E-state index in [9.17, 15) is 9.59 Å². The predicted octanol–water partition coefficient (Wildman–Crippen LogP) is 2.71. The summed E-state index contributed by atoms with van der Waals surface area (Å²) in [6, 6.07) is 11.3. The number of piperidine rings is 1. The topological polar surface area (TPSA) is 71.2 Å². The monoisotopic (exact) mass is 325 g/mol. The van der Waals surface area contributed by atoms with E-state index in [2.05, 4.69) is 4.98 Å². The lowest BCUT2D eigenvalue weighted by molar-refractivity contribution is 0.0661. The molecule has 6 nitrogen and oxygen atoms in total. The van der Waals surface area contributed by atoms with Gasteiger partial charge in [-0.25, -0.2) is 4.79 Å². The summed E-state index contributed by atoms with van der Waals surface area (Å²) < 4.78 is 7.25. The van der Waals surface area contributed by atoms with Crippen molar-refractivity contribution >= 4 is 16.9 Å². The van der Waals surface area contributed by atoms with Crippen molar-refractivity contribution in [3.63, 3.8) is 0 Å². The number of carbonyl (C=O) groups excluding carboxylic acids is 1. The van der Waals surface area contributed by atoms with Gasteiger partial charge in [-0.1, -0.05) is 12.1 Å². The molecule has 1 fully saturated rings. The highest BCUT2D eigenvalue weighted by Crippen LogP contribution is 2.25. The third kappa shape index (κ3) is 2.44. The molecule has 1 aromatic carbocycles. The number of H-pyrrole nitrogens is 1. The molecular formula is C18H19N3O3. The molecule has 0 unspecified atom stereocenters. The molecule has 24 heavy (non-hydrogen) atoms. The molecule has 4 rings (SSSR count). The maximum absolute atomic E-state index is 12.4. The molecule has 0 saturated carbocycles. The zero-order valence-electron chi connectivity index (χ0n) is 13.5. The van der Waals surface area contributed by atoms with Crippen LogP contribution >= 0.6 is 0 Å². The predicted molar refractivity (Wildman–Crippen MR) is 90.2 cm³/mol. The zero-order valence-corrected chi connectivity index (χ0v) is 13.5. The van der Waals surface area contributed by atoms with Crippen LogP contribution in [0.5, 0.6) is 0 Å². The maximum Gasteiger partial charge on any atom is 0.326 e. The van der Waals surface area contributed by atoms with E-state index in [1.807, 2.05) is 35.8 Å². The highest BCUT2D eigenvalue weighted by atomic mass is 16.3. The van der Waals surface area contributed by atoms with Crippen LogP contribution in [0.4, 0.5) is 0 Å². The molecule has 1 aliphatic heterocycles. The minimum atomic E-state index is -0.0809. The van der Waals surface area contributed by atoms with Gasteiger partial charge in [0.25, 0.3) is 5.91 Å². The van der Waals surface area contributed by atoms with Gasteiger partial charge in [0.15, 0.2) is 5.76 Å². The van der Waals surface area contributed by atoms with E-state index < -0.39 is 0 Å². The van der Waals surface area contributed by atoms with Crippen molar-refractivity contribution in [3.8, 4) is 0 Å². The number of likely N-dealkylation sites (tertiary alicyclic amines) is 1. The van der Waals surface area contributed by atoms with E-state index in [1.54, 1.807) is 17.0 Å². The van der Waals surface area contributed by atoms with Gasteiger partial charge in [-0.05, 0) is 44.0 Å². The number of amides is 1. The van der Waals surface area contributed by atoms with Gasteiger partial charge in [-0.15, -0.1) is 0 Å². The van der Waals surface area contributed by atoms with Crippen molar-refractivity contribution in [2.45, 2.75) is 25.8 Å². The van der Waals surface area contributed by atoms with E-state index >= 15 is 0 Å². The van der Waals surface area contributed by atoms with E-state index in [1.165, 1.54) is 0 Å². The van der Waals surface area contributed by atoms with Crippen molar-refractivity contribution in [2.75, 3.05) is 13.1 Å². The number of imidazole rings is 1. The number of para-hydroxylation sites is 2. The van der Waals surface area contributed by atoms with Crippen LogP contribution in [0.1, 0.15) is 35.2 Å². The Morgan fingerprint density at radius 3 is 2.62 bits per heavy atom. The van der Waals surface area contributed by atoms with Crippen LogP contribution in [0.25, 0.3) is 11.0 Å². The Bertz CT molecular complexity index is 942. The first kappa shape index (κ1) is 14.8. The first-order chi connectivity index (χ1) is 11.6. The Hall–Kier alpha value is -2.76. The summed E-state index contributed by atoms with van der Waals surface area (Å²) in [6.45, 7) is 3.07. The number of aromatic amines is 1.